The van der Waals surface area contributed by atoms with E-state index in [1.165, 1.54) is 19.3 Å². The molecule has 124 valence electrons. The molecule has 0 bridgehead atoms. The molecule has 3 N–H and O–H groups in total. The van der Waals surface area contributed by atoms with Crippen LogP contribution in [0.15, 0.2) is 0 Å². The number of aliphatic hydroxyl groups excluding tert-OH is 1. The molecule has 1 aliphatic heterocycles. The Morgan fingerprint density at radius 1 is 1.10 bits per heavy atom. The van der Waals surface area contributed by atoms with E-state index in [2.05, 4.69) is 29.4 Å². The molecule has 1 atom stereocenters. The standard InChI is InChI=1S/C16H33N3O2/c1-15(2,3)13(20)11-17-14(21)18-12-16(4,5)19-9-7-6-8-10-19/h13,20H,6-12H2,1-5H3,(H2,17,18,21). The minimum Gasteiger partial charge on any atom is -0.391 e. The Kier molecular flexibility index (Phi) is 6.47. The van der Waals surface area contributed by atoms with Gasteiger partial charge in [-0.05, 0) is 45.2 Å². The van der Waals surface area contributed by atoms with Crippen LogP contribution in [0.25, 0.3) is 0 Å². The Bertz CT molecular complexity index is 331. The van der Waals surface area contributed by atoms with Crippen LogP contribution in [0.5, 0.6) is 0 Å². The number of piperidine rings is 1. The molecule has 0 aliphatic carbocycles. The number of rotatable bonds is 5. The van der Waals surface area contributed by atoms with Crippen molar-refractivity contribution in [2.75, 3.05) is 26.2 Å². The number of likely N-dealkylation sites (tertiary alicyclic amines) is 1. The van der Waals surface area contributed by atoms with Gasteiger partial charge < -0.3 is 15.7 Å². The Morgan fingerprint density at radius 2 is 1.67 bits per heavy atom. The maximum absolute atomic E-state index is 11.9. The van der Waals surface area contributed by atoms with Crippen molar-refractivity contribution >= 4 is 6.03 Å². The maximum Gasteiger partial charge on any atom is 0.314 e. The van der Waals surface area contributed by atoms with E-state index < -0.39 is 6.10 Å². The van der Waals surface area contributed by atoms with Gasteiger partial charge in [0.2, 0.25) is 0 Å². The van der Waals surface area contributed by atoms with Gasteiger partial charge in [-0.2, -0.15) is 0 Å². The van der Waals surface area contributed by atoms with Gasteiger partial charge >= 0.3 is 6.03 Å². The van der Waals surface area contributed by atoms with Gasteiger partial charge in [0, 0.05) is 18.6 Å². The van der Waals surface area contributed by atoms with Crippen LogP contribution in [0.1, 0.15) is 53.9 Å². The summed E-state index contributed by atoms with van der Waals surface area (Å²) in [5.41, 5.74) is -0.249. The molecule has 1 rings (SSSR count). The Labute approximate surface area is 129 Å². The first-order valence-corrected chi connectivity index (χ1v) is 8.08. The van der Waals surface area contributed by atoms with Gasteiger partial charge in [0.05, 0.1) is 6.10 Å². The zero-order valence-corrected chi connectivity index (χ0v) is 14.3. The summed E-state index contributed by atoms with van der Waals surface area (Å²) in [4.78, 5) is 14.3. The van der Waals surface area contributed by atoms with Crippen molar-refractivity contribution < 1.29 is 9.90 Å². The number of urea groups is 1. The van der Waals surface area contributed by atoms with Gasteiger partial charge in [-0.1, -0.05) is 27.2 Å². The minimum absolute atomic E-state index is 0.0274. The SMILES string of the molecule is CC(C)(C)C(O)CNC(=O)NCC(C)(C)N1CCCCC1. The van der Waals surface area contributed by atoms with Crippen LogP contribution in [-0.4, -0.2) is 53.9 Å². The minimum atomic E-state index is -0.543. The third kappa shape index (κ3) is 6.22. The topological polar surface area (TPSA) is 64.6 Å². The summed E-state index contributed by atoms with van der Waals surface area (Å²) >= 11 is 0. The third-order valence-corrected chi connectivity index (χ3v) is 4.35. The molecule has 5 nitrogen and oxygen atoms in total. The van der Waals surface area contributed by atoms with Crippen LogP contribution < -0.4 is 10.6 Å². The summed E-state index contributed by atoms with van der Waals surface area (Å²) in [6.45, 7) is 13.3. The third-order valence-electron chi connectivity index (χ3n) is 4.35. The second-order valence-electron chi connectivity index (χ2n) is 7.81. The predicted octanol–water partition coefficient (Wildman–Crippen LogP) is 1.96. The van der Waals surface area contributed by atoms with E-state index in [4.69, 9.17) is 0 Å². The summed E-state index contributed by atoms with van der Waals surface area (Å²) in [5, 5.41) is 15.6. The van der Waals surface area contributed by atoms with Crippen LogP contribution in [-0.2, 0) is 0 Å². The number of nitrogens with one attached hydrogen (secondary N) is 2. The lowest BCUT2D eigenvalue weighted by molar-refractivity contribution is 0.0644. The molecule has 0 aromatic carbocycles. The zero-order valence-electron chi connectivity index (χ0n) is 14.3. The highest BCUT2D eigenvalue weighted by atomic mass is 16.3. The molecule has 5 heteroatoms. The first kappa shape index (κ1) is 18.2. The van der Waals surface area contributed by atoms with Crippen molar-refractivity contribution in [1.82, 2.24) is 15.5 Å². The fraction of sp³-hybridized carbons (Fsp3) is 0.938. The molecule has 1 aliphatic rings. The van der Waals surface area contributed by atoms with Crippen LogP contribution >= 0.6 is 0 Å². The van der Waals surface area contributed by atoms with Crippen molar-refractivity contribution in [2.45, 2.75) is 65.5 Å². The number of hydrogen-bond acceptors (Lipinski definition) is 3. The molecule has 0 aromatic rings. The lowest BCUT2D eigenvalue weighted by Crippen LogP contribution is -2.55. The highest BCUT2D eigenvalue weighted by molar-refractivity contribution is 5.73. The molecule has 1 saturated heterocycles. The number of nitrogens with zero attached hydrogens (tertiary/aromatic N) is 1. The van der Waals surface area contributed by atoms with E-state index in [0.717, 1.165) is 13.1 Å². The first-order chi connectivity index (χ1) is 9.63. The predicted molar refractivity (Wildman–Crippen MR) is 86.4 cm³/mol. The second kappa shape index (κ2) is 7.45. The fourth-order valence-corrected chi connectivity index (χ4v) is 2.47. The molecule has 2 amide bonds. The van der Waals surface area contributed by atoms with Gasteiger partial charge in [0.25, 0.3) is 0 Å². The number of aliphatic hydroxyl groups is 1. The van der Waals surface area contributed by atoms with Gasteiger partial charge in [-0.3, -0.25) is 4.90 Å². The van der Waals surface area contributed by atoms with Gasteiger partial charge in [-0.25, -0.2) is 4.79 Å². The average molecular weight is 299 g/mol. The fourth-order valence-electron chi connectivity index (χ4n) is 2.47. The van der Waals surface area contributed by atoms with Crippen molar-refractivity contribution in [1.29, 1.82) is 0 Å². The molecule has 1 heterocycles. The summed E-state index contributed by atoms with van der Waals surface area (Å²) in [7, 11) is 0. The maximum atomic E-state index is 11.9. The smallest absolute Gasteiger partial charge is 0.314 e. The van der Waals surface area contributed by atoms with Crippen molar-refractivity contribution in [3.8, 4) is 0 Å². The molecule has 0 saturated carbocycles. The van der Waals surface area contributed by atoms with E-state index >= 15 is 0 Å². The summed E-state index contributed by atoms with van der Waals surface area (Å²) in [5.74, 6) is 0. The molecule has 1 fully saturated rings. The highest BCUT2D eigenvalue weighted by Crippen LogP contribution is 2.20. The summed E-state index contributed by atoms with van der Waals surface area (Å²) < 4.78 is 0. The van der Waals surface area contributed by atoms with E-state index in [1.807, 2.05) is 20.8 Å². The van der Waals surface area contributed by atoms with Crippen LogP contribution in [0, 0.1) is 5.41 Å². The number of amides is 2. The van der Waals surface area contributed by atoms with Crippen molar-refractivity contribution in [3.05, 3.63) is 0 Å². The lowest BCUT2D eigenvalue weighted by atomic mass is 9.89. The van der Waals surface area contributed by atoms with Crippen molar-refractivity contribution in [2.24, 2.45) is 5.41 Å². The lowest BCUT2D eigenvalue weighted by Gasteiger charge is -2.41. The van der Waals surface area contributed by atoms with E-state index in [-0.39, 0.29) is 23.5 Å². The van der Waals surface area contributed by atoms with E-state index in [1.54, 1.807) is 0 Å². The van der Waals surface area contributed by atoms with Crippen LogP contribution in [0.2, 0.25) is 0 Å². The monoisotopic (exact) mass is 299 g/mol. The molecule has 0 aromatic heterocycles. The Hall–Kier alpha value is -0.810. The summed E-state index contributed by atoms with van der Waals surface area (Å²) in [6, 6.07) is -0.205. The zero-order chi connectivity index (χ0) is 16.1. The first-order valence-electron chi connectivity index (χ1n) is 8.08. The Balaban J connectivity index is 2.31. The summed E-state index contributed by atoms with van der Waals surface area (Å²) in [6.07, 6.45) is 3.25. The quantitative estimate of drug-likeness (QED) is 0.727. The largest absolute Gasteiger partial charge is 0.391 e. The van der Waals surface area contributed by atoms with Gasteiger partial charge in [-0.15, -0.1) is 0 Å². The van der Waals surface area contributed by atoms with Crippen LogP contribution in [0.4, 0.5) is 4.79 Å². The van der Waals surface area contributed by atoms with Crippen molar-refractivity contribution in [3.63, 3.8) is 0 Å². The van der Waals surface area contributed by atoms with Crippen LogP contribution in [0.3, 0.4) is 0 Å². The molecule has 0 spiro atoms. The van der Waals surface area contributed by atoms with E-state index in [9.17, 15) is 9.90 Å². The molecule has 0 radical (unpaired) electrons. The normalized spacial score (nSPS) is 19.1. The number of carbonyl (C=O) groups excluding carboxylic acids is 1. The average Bonchev–Trinajstić information content (AvgIpc) is 2.42. The van der Waals surface area contributed by atoms with Gasteiger partial charge in [0.15, 0.2) is 0 Å². The molecule has 1 unspecified atom stereocenters. The molecule has 21 heavy (non-hydrogen) atoms. The Morgan fingerprint density at radius 3 is 2.19 bits per heavy atom. The molecular weight excluding hydrogens is 266 g/mol. The second-order valence-corrected chi connectivity index (χ2v) is 7.81. The van der Waals surface area contributed by atoms with Gasteiger partial charge in [0.1, 0.15) is 0 Å². The van der Waals surface area contributed by atoms with E-state index in [0.29, 0.717) is 6.54 Å². The molecular formula is C16H33N3O2. The highest BCUT2D eigenvalue weighted by Gasteiger charge is 2.28. The number of carbonyl (C=O) groups is 1. The number of hydrogen-bond donors (Lipinski definition) is 3.